The van der Waals surface area contributed by atoms with Crippen molar-refractivity contribution < 1.29 is 9.53 Å². The molecule has 1 amide bonds. The molecule has 0 spiro atoms. The average Bonchev–Trinajstić information content (AvgIpc) is 3.49. The third kappa shape index (κ3) is 5.48. The summed E-state index contributed by atoms with van der Waals surface area (Å²) < 4.78 is 5.22. The first-order valence-electron chi connectivity index (χ1n) is 9.04. The molecule has 1 fully saturated rings. The molecule has 0 radical (unpaired) electrons. The van der Waals surface area contributed by atoms with Crippen molar-refractivity contribution in [1.82, 2.24) is 10.6 Å². The van der Waals surface area contributed by atoms with Gasteiger partial charge in [-0.15, -0.1) is 0 Å². The molecule has 0 aromatic heterocycles. The molecule has 0 heterocycles. The summed E-state index contributed by atoms with van der Waals surface area (Å²) in [5.74, 6) is 1.49. The highest BCUT2D eigenvalue weighted by atomic mass is 35.5. The predicted molar refractivity (Wildman–Crippen MR) is 105 cm³/mol. The summed E-state index contributed by atoms with van der Waals surface area (Å²) in [5.41, 5.74) is 2.37. The lowest BCUT2D eigenvalue weighted by atomic mass is 10.0. The molecule has 2 aromatic rings. The molecular weight excluding hydrogens is 348 g/mol. The third-order valence-corrected chi connectivity index (χ3v) is 4.95. The molecule has 1 atom stereocenters. The monoisotopic (exact) mass is 372 g/mol. The first kappa shape index (κ1) is 18.7. The van der Waals surface area contributed by atoms with Crippen LogP contribution in [0.4, 0.5) is 0 Å². The van der Waals surface area contributed by atoms with Crippen molar-refractivity contribution in [3.8, 4) is 5.75 Å². The summed E-state index contributed by atoms with van der Waals surface area (Å²) in [7, 11) is 1.67. The zero-order valence-corrected chi connectivity index (χ0v) is 15.8. The van der Waals surface area contributed by atoms with E-state index in [-0.39, 0.29) is 11.9 Å². The normalized spacial score (nSPS) is 14.7. The molecule has 0 bridgehead atoms. The van der Waals surface area contributed by atoms with Crippen LogP contribution >= 0.6 is 11.6 Å². The van der Waals surface area contributed by atoms with E-state index in [0.717, 1.165) is 22.8 Å². The van der Waals surface area contributed by atoms with Gasteiger partial charge in [0.05, 0.1) is 13.7 Å². The van der Waals surface area contributed by atoms with Crippen LogP contribution in [0, 0.1) is 5.92 Å². The van der Waals surface area contributed by atoms with Crippen LogP contribution in [0.2, 0.25) is 5.02 Å². The van der Waals surface area contributed by atoms with Gasteiger partial charge in [0.25, 0.3) is 0 Å². The Hall–Kier alpha value is -2.04. The Morgan fingerprint density at radius 2 is 1.85 bits per heavy atom. The zero-order chi connectivity index (χ0) is 18.4. The van der Waals surface area contributed by atoms with Crippen LogP contribution in [0.3, 0.4) is 0 Å². The molecule has 1 unspecified atom stereocenters. The summed E-state index contributed by atoms with van der Waals surface area (Å²) in [5, 5.41) is 7.13. The van der Waals surface area contributed by atoms with Gasteiger partial charge in [-0.05, 0) is 60.6 Å². The number of methoxy groups -OCH3 is 1. The fraction of sp³-hybridized carbons (Fsp3) is 0.381. The summed E-state index contributed by atoms with van der Waals surface area (Å²) in [6, 6.07) is 16.0. The van der Waals surface area contributed by atoms with E-state index < -0.39 is 0 Å². The minimum atomic E-state index is 0.0260. The maximum absolute atomic E-state index is 12.2. The molecule has 0 saturated heterocycles. The van der Waals surface area contributed by atoms with E-state index in [2.05, 4.69) is 22.8 Å². The van der Waals surface area contributed by atoms with Crippen molar-refractivity contribution in [3.63, 3.8) is 0 Å². The van der Waals surface area contributed by atoms with Crippen LogP contribution in [0.15, 0.2) is 48.5 Å². The summed E-state index contributed by atoms with van der Waals surface area (Å²) in [6.45, 7) is 0.951. The molecule has 4 nitrogen and oxygen atoms in total. The Kier molecular flexibility index (Phi) is 6.53. The molecule has 3 rings (SSSR count). The topological polar surface area (TPSA) is 50.4 Å². The van der Waals surface area contributed by atoms with Gasteiger partial charge in [-0.2, -0.15) is 0 Å². The van der Waals surface area contributed by atoms with Crippen LogP contribution in [0.25, 0.3) is 0 Å². The van der Waals surface area contributed by atoms with E-state index >= 15 is 0 Å². The smallest absolute Gasteiger partial charge is 0.233 e. The van der Waals surface area contributed by atoms with Gasteiger partial charge in [-0.1, -0.05) is 35.9 Å². The van der Waals surface area contributed by atoms with Crippen molar-refractivity contribution in [2.45, 2.75) is 25.3 Å². The van der Waals surface area contributed by atoms with E-state index in [1.807, 2.05) is 36.4 Å². The standard InChI is InChI=1S/C21H25ClN2O2/c1-26-19-10-6-17(7-11-19)21(16-4-5-16)24-14-20(25)23-13-12-15-2-8-18(22)9-3-15/h2-3,6-11,16,21,24H,4-5,12-14H2,1H3,(H,23,25). The van der Waals surface area contributed by atoms with Crippen LogP contribution in [-0.2, 0) is 11.2 Å². The SMILES string of the molecule is COc1ccc(C(NCC(=O)NCCc2ccc(Cl)cc2)C2CC2)cc1. The highest BCUT2D eigenvalue weighted by Crippen LogP contribution is 2.41. The summed E-state index contributed by atoms with van der Waals surface area (Å²) in [6.07, 6.45) is 3.22. The number of carbonyl (C=O) groups excluding carboxylic acids is 1. The van der Waals surface area contributed by atoms with Gasteiger partial charge in [0, 0.05) is 17.6 Å². The van der Waals surface area contributed by atoms with Crippen molar-refractivity contribution in [3.05, 3.63) is 64.7 Å². The largest absolute Gasteiger partial charge is 0.497 e. The molecular formula is C21H25ClN2O2. The van der Waals surface area contributed by atoms with E-state index in [4.69, 9.17) is 16.3 Å². The van der Waals surface area contributed by atoms with Crippen LogP contribution in [0.5, 0.6) is 5.75 Å². The lowest BCUT2D eigenvalue weighted by Gasteiger charge is -2.19. The Balaban J connectivity index is 1.44. The van der Waals surface area contributed by atoms with Gasteiger partial charge in [0.1, 0.15) is 5.75 Å². The van der Waals surface area contributed by atoms with E-state index in [1.165, 1.54) is 18.4 Å². The molecule has 0 aliphatic heterocycles. The molecule has 26 heavy (non-hydrogen) atoms. The van der Waals surface area contributed by atoms with E-state index in [0.29, 0.717) is 19.0 Å². The molecule has 1 saturated carbocycles. The summed E-state index contributed by atoms with van der Waals surface area (Å²) in [4.78, 5) is 12.2. The molecule has 5 heteroatoms. The first-order valence-corrected chi connectivity index (χ1v) is 9.42. The van der Waals surface area contributed by atoms with Gasteiger partial charge >= 0.3 is 0 Å². The minimum Gasteiger partial charge on any atom is -0.497 e. The number of benzene rings is 2. The molecule has 138 valence electrons. The van der Waals surface area contributed by atoms with Crippen molar-refractivity contribution in [1.29, 1.82) is 0 Å². The number of hydrogen-bond acceptors (Lipinski definition) is 3. The fourth-order valence-corrected chi connectivity index (χ4v) is 3.19. The van der Waals surface area contributed by atoms with Crippen LogP contribution < -0.4 is 15.4 Å². The Morgan fingerprint density at radius 1 is 1.15 bits per heavy atom. The second-order valence-corrected chi connectivity index (χ2v) is 7.13. The number of hydrogen-bond donors (Lipinski definition) is 2. The Morgan fingerprint density at radius 3 is 2.46 bits per heavy atom. The number of nitrogens with one attached hydrogen (secondary N) is 2. The maximum atomic E-state index is 12.2. The van der Waals surface area contributed by atoms with Crippen molar-refractivity contribution in [2.24, 2.45) is 5.92 Å². The first-order chi connectivity index (χ1) is 12.7. The molecule has 1 aliphatic carbocycles. The average molecular weight is 373 g/mol. The molecule has 1 aliphatic rings. The maximum Gasteiger partial charge on any atom is 0.233 e. The van der Waals surface area contributed by atoms with Crippen molar-refractivity contribution in [2.75, 3.05) is 20.2 Å². The van der Waals surface area contributed by atoms with Crippen LogP contribution in [0.1, 0.15) is 30.0 Å². The number of halogens is 1. The third-order valence-electron chi connectivity index (χ3n) is 4.70. The zero-order valence-electron chi connectivity index (χ0n) is 15.0. The van der Waals surface area contributed by atoms with E-state index in [9.17, 15) is 4.79 Å². The molecule has 2 N–H and O–H groups in total. The second kappa shape index (κ2) is 9.06. The Labute approximate surface area is 159 Å². The number of amides is 1. The number of carbonyl (C=O) groups is 1. The lowest BCUT2D eigenvalue weighted by molar-refractivity contribution is -0.120. The van der Waals surface area contributed by atoms with E-state index in [1.54, 1.807) is 7.11 Å². The van der Waals surface area contributed by atoms with Gasteiger partial charge in [-0.25, -0.2) is 0 Å². The number of rotatable bonds is 9. The predicted octanol–water partition coefficient (Wildman–Crippen LogP) is 3.75. The number of ether oxygens (including phenoxy) is 1. The summed E-state index contributed by atoms with van der Waals surface area (Å²) >= 11 is 5.88. The van der Waals surface area contributed by atoms with Gasteiger partial charge in [0.15, 0.2) is 0 Å². The minimum absolute atomic E-state index is 0.0260. The Bertz CT molecular complexity index is 712. The highest BCUT2D eigenvalue weighted by Gasteiger charge is 2.32. The second-order valence-electron chi connectivity index (χ2n) is 6.70. The van der Waals surface area contributed by atoms with Gasteiger partial charge in [-0.3, -0.25) is 4.79 Å². The van der Waals surface area contributed by atoms with Crippen LogP contribution in [-0.4, -0.2) is 26.1 Å². The van der Waals surface area contributed by atoms with Crippen molar-refractivity contribution >= 4 is 17.5 Å². The lowest BCUT2D eigenvalue weighted by Crippen LogP contribution is -2.37. The molecule has 2 aromatic carbocycles. The quantitative estimate of drug-likeness (QED) is 0.704. The van der Waals surface area contributed by atoms with Gasteiger partial charge in [0.2, 0.25) is 5.91 Å². The van der Waals surface area contributed by atoms with Gasteiger partial charge < -0.3 is 15.4 Å². The fourth-order valence-electron chi connectivity index (χ4n) is 3.06. The highest BCUT2D eigenvalue weighted by molar-refractivity contribution is 6.30.